The van der Waals surface area contributed by atoms with Gasteiger partial charge in [0.25, 0.3) is 0 Å². The molecule has 0 radical (unpaired) electrons. The zero-order valence-corrected chi connectivity index (χ0v) is 13.8. The highest BCUT2D eigenvalue weighted by atomic mass is 35.5. The summed E-state index contributed by atoms with van der Waals surface area (Å²) in [4.78, 5) is 2.52. The summed E-state index contributed by atoms with van der Waals surface area (Å²) in [5, 5.41) is 0.789. The first-order valence-electron chi connectivity index (χ1n) is 7.43. The Morgan fingerprint density at radius 1 is 1.15 bits per heavy atom. The highest BCUT2D eigenvalue weighted by Crippen LogP contribution is 2.23. The molecule has 1 aromatic carbocycles. The second-order valence-corrected chi connectivity index (χ2v) is 5.65. The molecule has 0 unspecified atom stereocenters. The molecule has 1 aromatic rings. The molecule has 0 spiro atoms. The highest BCUT2D eigenvalue weighted by molar-refractivity contribution is 6.30. The van der Waals surface area contributed by atoms with E-state index >= 15 is 0 Å². The zero-order chi connectivity index (χ0) is 13.5. The van der Waals surface area contributed by atoms with Gasteiger partial charge in [0.2, 0.25) is 0 Å². The Morgan fingerprint density at radius 2 is 1.85 bits per heavy atom. The largest absolute Gasteiger partial charge is 0.492 e. The van der Waals surface area contributed by atoms with E-state index in [9.17, 15) is 0 Å². The highest BCUT2D eigenvalue weighted by Gasteiger charge is 2.09. The van der Waals surface area contributed by atoms with Crippen molar-refractivity contribution in [1.29, 1.82) is 0 Å². The fraction of sp³-hybridized carbons (Fsp3) is 0.625. The quantitative estimate of drug-likeness (QED) is 0.788. The predicted octanol–water partition coefficient (Wildman–Crippen LogP) is 4.58. The van der Waals surface area contributed by atoms with Gasteiger partial charge in [-0.25, -0.2) is 0 Å². The first kappa shape index (κ1) is 17.6. The van der Waals surface area contributed by atoms with Crippen molar-refractivity contribution in [3.05, 3.63) is 28.8 Å². The molecule has 114 valence electrons. The topological polar surface area (TPSA) is 12.5 Å². The van der Waals surface area contributed by atoms with Gasteiger partial charge in [0, 0.05) is 11.6 Å². The van der Waals surface area contributed by atoms with Gasteiger partial charge in [-0.1, -0.05) is 31.4 Å². The monoisotopic (exact) mass is 317 g/mol. The van der Waals surface area contributed by atoms with Crippen LogP contribution in [0.15, 0.2) is 18.2 Å². The molecular formula is C16H25Cl2NO. The smallest absolute Gasteiger partial charge is 0.122 e. The average Bonchev–Trinajstić information content (AvgIpc) is 2.69. The third-order valence-electron chi connectivity index (χ3n) is 3.77. The first-order valence-corrected chi connectivity index (χ1v) is 7.81. The Hall–Kier alpha value is -0.440. The van der Waals surface area contributed by atoms with Gasteiger partial charge in [0.05, 0.1) is 0 Å². The molecule has 0 bridgehead atoms. The van der Waals surface area contributed by atoms with Crippen LogP contribution in [-0.4, -0.2) is 31.1 Å². The number of aryl methyl sites for hydroxylation is 1. The van der Waals surface area contributed by atoms with Crippen LogP contribution >= 0.6 is 24.0 Å². The van der Waals surface area contributed by atoms with Gasteiger partial charge in [0.1, 0.15) is 12.4 Å². The van der Waals surface area contributed by atoms with Crippen molar-refractivity contribution in [2.45, 2.75) is 39.0 Å². The molecule has 0 aliphatic carbocycles. The molecule has 1 aliphatic heterocycles. The number of halogens is 2. The normalized spacial score (nSPS) is 16.3. The average molecular weight is 318 g/mol. The van der Waals surface area contributed by atoms with Crippen LogP contribution in [0.5, 0.6) is 5.75 Å². The van der Waals surface area contributed by atoms with Crippen molar-refractivity contribution in [3.8, 4) is 5.75 Å². The molecule has 20 heavy (non-hydrogen) atoms. The van der Waals surface area contributed by atoms with Crippen molar-refractivity contribution in [1.82, 2.24) is 4.90 Å². The zero-order valence-electron chi connectivity index (χ0n) is 12.2. The van der Waals surface area contributed by atoms with Crippen LogP contribution in [0.1, 0.15) is 38.2 Å². The van der Waals surface area contributed by atoms with Crippen LogP contribution in [0.2, 0.25) is 5.02 Å². The van der Waals surface area contributed by atoms with E-state index in [0.717, 1.165) is 30.3 Å². The molecule has 1 heterocycles. The molecule has 4 heteroatoms. The lowest BCUT2D eigenvalue weighted by Crippen LogP contribution is -2.29. The third-order valence-corrected chi connectivity index (χ3v) is 4.00. The van der Waals surface area contributed by atoms with E-state index in [0.29, 0.717) is 0 Å². The molecule has 0 atom stereocenters. The molecule has 1 fully saturated rings. The van der Waals surface area contributed by atoms with Crippen molar-refractivity contribution in [2.24, 2.45) is 0 Å². The minimum absolute atomic E-state index is 0. The second-order valence-electron chi connectivity index (χ2n) is 5.21. The van der Waals surface area contributed by atoms with Gasteiger partial charge in [-0.05, 0) is 56.1 Å². The molecule has 1 aliphatic rings. The van der Waals surface area contributed by atoms with Gasteiger partial charge in [-0.15, -0.1) is 12.4 Å². The Morgan fingerprint density at radius 3 is 2.50 bits per heavy atom. The Labute approximate surface area is 133 Å². The van der Waals surface area contributed by atoms with Crippen molar-refractivity contribution in [3.63, 3.8) is 0 Å². The Bertz CT molecular complexity index is 390. The minimum Gasteiger partial charge on any atom is -0.492 e. The predicted molar refractivity (Wildman–Crippen MR) is 88.5 cm³/mol. The lowest BCUT2D eigenvalue weighted by Gasteiger charge is -2.20. The number of likely N-dealkylation sites (tertiary alicyclic amines) is 1. The van der Waals surface area contributed by atoms with Crippen LogP contribution in [0.3, 0.4) is 0 Å². The third kappa shape index (κ3) is 5.51. The van der Waals surface area contributed by atoms with Crippen molar-refractivity contribution in [2.75, 3.05) is 26.2 Å². The molecule has 0 aromatic heterocycles. The van der Waals surface area contributed by atoms with Crippen LogP contribution in [0.25, 0.3) is 0 Å². The number of hydrogen-bond donors (Lipinski definition) is 0. The lowest BCUT2D eigenvalue weighted by atomic mass is 10.1. The molecule has 0 saturated carbocycles. The van der Waals surface area contributed by atoms with Crippen LogP contribution in [0.4, 0.5) is 0 Å². The van der Waals surface area contributed by atoms with E-state index in [1.165, 1.54) is 44.3 Å². The molecule has 0 N–H and O–H groups in total. The lowest BCUT2D eigenvalue weighted by molar-refractivity contribution is 0.213. The van der Waals surface area contributed by atoms with Crippen molar-refractivity contribution < 1.29 is 4.74 Å². The molecule has 0 amide bonds. The van der Waals surface area contributed by atoms with Gasteiger partial charge in [-0.3, -0.25) is 4.90 Å². The summed E-state index contributed by atoms with van der Waals surface area (Å²) in [5.74, 6) is 0.988. The Balaban J connectivity index is 0.00000200. The fourth-order valence-electron chi connectivity index (χ4n) is 2.61. The summed E-state index contributed by atoms with van der Waals surface area (Å²) >= 11 is 6.01. The maximum atomic E-state index is 6.01. The van der Waals surface area contributed by atoms with Crippen LogP contribution < -0.4 is 4.74 Å². The van der Waals surface area contributed by atoms with E-state index in [1.54, 1.807) is 0 Å². The maximum Gasteiger partial charge on any atom is 0.122 e. The molecular weight excluding hydrogens is 293 g/mol. The number of benzene rings is 1. The second kappa shape index (κ2) is 9.49. The van der Waals surface area contributed by atoms with E-state index in [4.69, 9.17) is 16.3 Å². The SMILES string of the molecule is CCc1cc(Cl)ccc1OCCN1CCCCCC1.Cl. The summed E-state index contributed by atoms with van der Waals surface area (Å²) in [6, 6.07) is 5.90. The molecule has 1 saturated heterocycles. The minimum atomic E-state index is 0. The van der Waals surface area contributed by atoms with Gasteiger partial charge in [0.15, 0.2) is 0 Å². The summed E-state index contributed by atoms with van der Waals surface area (Å²) in [6.45, 7) is 6.39. The number of hydrogen-bond acceptors (Lipinski definition) is 2. The number of ether oxygens (including phenoxy) is 1. The van der Waals surface area contributed by atoms with Crippen LogP contribution in [0, 0.1) is 0 Å². The standard InChI is InChI=1S/C16H24ClNO.ClH/c1-2-14-13-15(17)7-8-16(14)19-12-11-18-9-5-3-4-6-10-18;/h7-8,13H,2-6,9-12H2,1H3;1H. The van der Waals surface area contributed by atoms with E-state index in [1.807, 2.05) is 18.2 Å². The summed E-state index contributed by atoms with van der Waals surface area (Å²) in [5.41, 5.74) is 1.20. The first-order chi connectivity index (χ1) is 9.29. The van der Waals surface area contributed by atoms with Crippen LogP contribution in [-0.2, 0) is 6.42 Å². The maximum absolute atomic E-state index is 6.01. The number of nitrogens with zero attached hydrogens (tertiary/aromatic N) is 1. The molecule has 2 rings (SSSR count). The molecule has 2 nitrogen and oxygen atoms in total. The van der Waals surface area contributed by atoms with E-state index in [2.05, 4.69) is 11.8 Å². The summed E-state index contributed by atoms with van der Waals surface area (Å²) < 4.78 is 5.93. The van der Waals surface area contributed by atoms with Gasteiger partial charge in [-0.2, -0.15) is 0 Å². The summed E-state index contributed by atoms with van der Waals surface area (Å²) in [7, 11) is 0. The summed E-state index contributed by atoms with van der Waals surface area (Å²) in [6.07, 6.45) is 6.39. The number of rotatable bonds is 5. The van der Waals surface area contributed by atoms with E-state index < -0.39 is 0 Å². The van der Waals surface area contributed by atoms with Gasteiger partial charge < -0.3 is 4.74 Å². The fourth-order valence-corrected chi connectivity index (χ4v) is 2.80. The van der Waals surface area contributed by atoms with E-state index in [-0.39, 0.29) is 12.4 Å². The Kier molecular flexibility index (Phi) is 8.35. The van der Waals surface area contributed by atoms with Gasteiger partial charge >= 0.3 is 0 Å². The van der Waals surface area contributed by atoms with Crippen molar-refractivity contribution >= 4 is 24.0 Å².